The number of benzene rings is 3. The van der Waals surface area contributed by atoms with Crippen LogP contribution < -0.4 is 4.74 Å². The van der Waals surface area contributed by atoms with E-state index >= 15 is 0 Å². The van der Waals surface area contributed by atoms with Crippen LogP contribution in [0.15, 0.2) is 69.0 Å². The Kier molecular flexibility index (Phi) is 7.23. The fourth-order valence-electron chi connectivity index (χ4n) is 3.32. The second-order valence-electron chi connectivity index (χ2n) is 7.37. The topological polar surface area (TPSA) is 41.9 Å². The van der Waals surface area contributed by atoms with Gasteiger partial charge in [-0.05, 0) is 75.2 Å². The van der Waals surface area contributed by atoms with Crippen molar-refractivity contribution in [3.8, 4) is 5.75 Å². The Labute approximate surface area is 205 Å². The van der Waals surface area contributed by atoms with E-state index in [4.69, 9.17) is 16.3 Å². The number of amidine groups is 1. The summed E-state index contributed by atoms with van der Waals surface area (Å²) in [4.78, 5) is 19.8. The van der Waals surface area contributed by atoms with Crippen molar-refractivity contribution in [2.24, 2.45) is 4.99 Å². The average molecular weight is 530 g/mol. The van der Waals surface area contributed by atoms with Crippen molar-refractivity contribution in [2.45, 2.75) is 19.8 Å². The van der Waals surface area contributed by atoms with Gasteiger partial charge in [0.1, 0.15) is 5.75 Å². The Morgan fingerprint density at radius 2 is 2.00 bits per heavy atom. The monoisotopic (exact) mass is 528 g/mol. The van der Waals surface area contributed by atoms with Gasteiger partial charge in [-0.15, -0.1) is 0 Å². The fourth-order valence-corrected chi connectivity index (χ4v) is 4.71. The Hall–Kier alpha value is -2.28. The molecule has 0 unspecified atom stereocenters. The second kappa shape index (κ2) is 10.1. The molecule has 32 heavy (non-hydrogen) atoms. The molecule has 0 spiro atoms. The molecule has 3 aromatic carbocycles. The van der Waals surface area contributed by atoms with Gasteiger partial charge in [0.25, 0.3) is 5.91 Å². The first kappa shape index (κ1) is 22.9. The number of rotatable bonds is 6. The highest BCUT2D eigenvalue weighted by molar-refractivity contribution is 9.10. The van der Waals surface area contributed by atoms with Crippen LogP contribution in [0.1, 0.15) is 25.3 Å². The fraction of sp³-hybridized carbons (Fsp3) is 0.200. The summed E-state index contributed by atoms with van der Waals surface area (Å²) in [6, 6.07) is 17.6. The smallest absolute Gasteiger partial charge is 0.266 e. The van der Waals surface area contributed by atoms with Crippen LogP contribution in [0.25, 0.3) is 16.8 Å². The summed E-state index contributed by atoms with van der Waals surface area (Å²) in [7, 11) is 1.73. The molecule has 1 aliphatic heterocycles. The molecule has 0 bridgehead atoms. The molecule has 164 valence electrons. The summed E-state index contributed by atoms with van der Waals surface area (Å²) in [6.45, 7) is 2.78. The van der Waals surface area contributed by atoms with E-state index in [0.717, 1.165) is 39.4 Å². The van der Waals surface area contributed by atoms with Crippen LogP contribution in [0.3, 0.4) is 0 Å². The first-order valence-electron chi connectivity index (χ1n) is 10.3. The molecule has 0 N–H and O–H groups in total. The molecule has 1 heterocycles. The van der Waals surface area contributed by atoms with Gasteiger partial charge in [0.05, 0.1) is 22.2 Å². The molecule has 1 fully saturated rings. The van der Waals surface area contributed by atoms with E-state index in [1.165, 1.54) is 11.8 Å². The summed E-state index contributed by atoms with van der Waals surface area (Å²) in [5, 5.41) is 3.33. The van der Waals surface area contributed by atoms with Crippen molar-refractivity contribution in [3.63, 3.8) is 0 Å². The molecule has 1 saturated heterocycles. The third-order valence-electron chi connectivity index (χ3n) is 5.09. The van der Waals surface area contributed by atoms with Crippen molar-refractivity contribution in [1.82, 2.24) is 4.90 Å². The highest BCUT2D eigenvalue weighted by Gasteiger charge is 2.31. The first-order valence-corrected chi connectivity index (χ1v) is 12.3. The van der Waals surface area contributed by atoms with Gasteiger partial charge < -0.3 is 4.74 Å². The van der Waals surface area contributed by atoms with Gasteiger partial charge in [-0.1, -0.05) is 55.3 Å². The predicted molar refractivity (Wildman–Crippen MR) is 139 cm³/mol. The number of aliphatic imine (C=N–C) groups is 1. The Morgan fingerprint density at radius 1 is 1.19 bits per heavy atom. The molecule has 1 aliphatic rings. The van der Waals surface area contributed by atoms with Crippen LogP contribution in [0, 0.1) is 0 Å². The molecule has 1 amide bonds. The molecule has 0 aliphatic carbocycles. The maximum Gasteiger partial charge on any atom is 0.266 e. The SMILES string of the molecule is CCCCOc1ccc2ccccc2c1/C=C1/SC(=Nc2ccc(Br)c(Cl)c2)N(C)C1=O. The van der Waals surface area contributed by atoms with E-state index in [1.54, 1.807) is 18.0 Å². The third kappa shape index (κ3) is 4.87. The number of nitrogens with zero attached hydrogens (tertiary/aromatic N) is 2. The summed E-state index contributed by atoms with van der Waals surface area (Å²) >= 11 is 10.9. The number of hydrogen-bond donors (Lipinski definition) is 0. The van der Waals surface area contributed by atoms with Gasteiger partial charge in [0.2, 0.25) is 0 Å². The number of likely N-dealkylation sites (N-methyl/N-ethyl adjacent to an activating group) is 1. The number of ether oxygens (including phenoxy) is 1. The van der Waals surface area contributed by atoms with E-state index in [2.05, 4.69) is 46.0 Å². The van der Waals surface area contributed by atoms with Gasteiger partial charge in [0.15, 0.2) is 5.17 Å². The van der Waals surface area contributed by atoms with E-state index in [1.807, 2.05) is 36.4 Å². The van der Waals surface area contributed by atoms with Gasteiger partial charge in [-0.3, -0.25) is 9.69 Å². The molecule has 0 atom stereocenters. The minimum absolute atomic E-state index is 0.0931. The summed E-state index contributed by atoms with van der Waals surface area (Å²) in [5.41, 5.74) is 1.60. The molecule has 7 heteroatoms. The highest BCUT2D eigenvalue weighted by Crippen LogP contribution is 2.38. The maximum absolute atomic E-state index is 13.0. The Morgan fingerprint density at radius 3 is 2.78 bits per heavy atom. The van der Waals surface area contributed by atoms with Crippen LogP contribution in [-0.2, 0) is 4.79 Å². The van der Waals surface area contributed by atoms with Gasteiger partial charge in [-0.2, -0.15) is 0 Å². The van der Waals surface area contributed by atoms with E-state index < -0.39 is 0 Å². The van der Waals surface area contributed by atoms with Crippen molar-refractivity contribution in [3.05, 3.63) is 74.6 Å². The number of halogens is 2. The molecule has 3 aromatic rings. The van der Waals surface area contributed by atoms with Crippen LogP contribution in [0.5, 0.6) is 5.75 Å². The standard InChI is InChI=1S/C25H22BrClN2O2S/c1-3-4-13-31-22-12-9-16-7-5-6-8-18(16)19(22)15-23-24(30)29(2)25(32-23)28-17-10-11-20(26)21(27)14-17/h5-12,14-15H,3-4,13H2,1-2H3/b23-15+,28-25?. The van der Waals surface area contributed by atoms with Crippen molar-refractivity contribution < 1.29 is 9.53 Å². The lowest BCUT2D eigenvalue weighted by molar-refractivity contribution is -0.121. The normalized spacial score (nSPS) is 16.5. The molecule has 4 nitrogen and oxygen atoms in total. The number of carbonyl (C=O) groups is 1. The lowest BCUT2D eigenvalue weighted by Gasteiger charge is -2.12. The number of hydrogen-bond acceptors (Lipinski definition) is 4. The molecule has 0 aromatic heterocycles. The Balaban J connectivity index is 1.73. The summed E-state index contributed by atoms with van der Waals surface area (Å²) in [5.74, 6) is 0.690. The zero-order valence-corrected chi connectivity index (χ0v) is 20.9. The minimum atomic E-state index is -0.0931. The van der Waals surface area contributed by atoms with Gasteiger partial charge in [0, 0.05) is 17.1 Å². The summed E-state index contributed by atoms with van der Waals surface area (Å²) < 4.78 is 6.88. The van der Waals surface area contributed by atoms with Crippen LogP contribution in [0.4, 0.5) is 5.69 Å². The number of carbonyl (C=O) groups excluding carboxylic acids is 1. The summed E-state index contributed by atoms with van der Waals surface area (Å²) in [6.07, 6.45) is 3.96. The predicted octanol–water partition coefficient (Wildman–Crippen LogP) is 7.67. The van der Waals surface area contributed by atoms with Gasteiger partial charge >= 0.3 is 0 Å². The van der Waals surface area contributed by atoms with E-state index in [0.29, 0.717) is 27.4 Å². The minimum Gasteiger partial charge on any atom is -0.493 e. The zero-order valence-electron chi connectivity index (χ0n) is 17.8. The first-order chi connectivity index (χ1) is 15.5. The van der Waals surface area contributed by atoms with Crippen LogP contribution in [-0.4, -0.2) is 29.6 Å². The molecule has 0 saturated carbocycles. The van der Waals surface area contributed by atoms with E-state index in [-0.39, 0.29) is 5.91 Å². The third-order valence-corrected chi connectivity index (χ3v) is 7.39. The van der Waals surface area contributed by atoms with Crippen molar-refractivity contribution >= 4 is 72.9 Å². The van der Waals surface area contributed by atoms with Crippen molar-refractivity contribution in [2.75, 3.05) is 13.7 Å². The van der Waals surface area contributed by atoms with Crippen LogP contribution in [0.2, 0.25) is 5.02 Å². The number of fused-ring (bicyclic) bond motifs is 1. The van der Waals surface area contributed by atoms with E-state index in [9.17, 15) is 4.79 Å². The van der Waals surface area contributed by atoms with Crippen molar-refractivity contribution in [1.29, 1.82) is 0 Å². The maximum atomic E-state index is 13.0. The number of amides is 1. The van der Waals surface area contributed by atoms with Crippen LogP contribution >= 0.6 is 39.3 Å². The average Bonchev–Trinajstić information content (AvgIpc) is 3.05. The lowest BCUT2D eigenvalue weighted by atomic mass is 10.0. The Bertz CT molecular complexity index is 1240. The van der Waals surface area contributed by atoms with Gasteiger partial charge in [-0.25, -0.2) is 4.99 Å². The molecule has 0 radical (unpaired) electrons. The number of thioether (sulfide) groups is 1. The molecule has 4 rings (SSSR count). The lowest BCUT2D eigenvalue weighted by Crippen LogP contribution is -2.23. The highest BCUT2D eigenvalue weighted by atomic mass is 79.9. The zero-order chi connectivity index (χ0) is 22.7. The second-order valence-corrected chi connectivity index (χ2v) is 9.64. The largest absolute Gasteiger partial charge is 0.493 e. The molecular formula is C25H22BrClN2O2S. The quantitative estimate of drug-likeness (QED) is 0.243. The molecular weight excluding hydrogens is 508 g/mol. The number of unbranched alkanes of at least 4 members (excludes halogenated alkanes) is 1.